The maximum Gasteiger partial charge on any atom is 0.165 e. The van der Waals surface area contributed by atoms with Crippen molar-refractivity contribution >= 4 is 38.5 Å². The third kappa shape index (κ3) is 3.80. The van der Waals surface area contributed by atoms with Gasteiger partial charge in [-0.25, -0.2) is 15.0 Å². The summed E-state index contributed by atoms with van der Waals surface area (Å²) in [7, 11) is 0. The zero-order valence-electron chi connectivity index (χ0n) is 16.4. The number of aromatic nitrogens is 3. The second-order valence-corrected chi connectivity index (χ2v) is 7.66. The van der Waals surface area contributed by atoms with Gasteiger partial charge in [-0.2, -0.15) is 0 Å². The van der Waals surface area contributed by atoms with Crippen molar-refractivity contribution in [2.75, 3.05) is 23.7 Å². The van der Waals surface area contributed by atoms with E-state index >= 15 is 0 Å². The van der Waals surface area contributed by atoms with Gasteiger partial charge in [0.1, 0.15) is 12.1 Å². The molecule has 0 amide bonds. The summed E-state index contributed by atoms with van der Waals surface area (Å²) in [6, 6.07) is 18.7. The van der Waals surface area contributed by atoms with Crippen LogP contribution in [0.1, 0.15) is 13.8 Å². The van der Waals surface area contributed by atoms with Crippen LogP contribution in [0.2, 0.25) is 0 Å². The van der Waals surface area contributed by atoms with Crippen LogP contribution in [0.4, 0.5) is 11.5 Å². The predicted molar refractivity (Wildman–Crippen MR) is 124 cm³/mol. The molecule has 6 heteroatoms. The third-order valence-corrected chi connectivity index (χ3v) is 5.55. The fourth-order valence-corrected chi connectivity index (χ4v) is 3.95. The maximum absolute atomic E-state index is 6.20. The van der Waals surface area contributed by atoms with Crippen LogP contribution in [0, 0.1) is 0 Å². The van der Waals surface area contributed by atoms with Crippen LogP contribution >= 0.6 is 15.9 Å². The molecule has 0 aliphatic rings. The van der Waals surface area contributed by atoms with Gasteiger partial charge in [-0.3, -0.25) is 0 Å². The molecule has 4 aromatic rings. The third-order valence-electron chi connectivity index (χ3n) is 5.06. The molecule has 0 atom stereocenters. The lowest BCUT2D eigenvalue weighted by molar-refractivity contribution is 0.866. The van der Waals surface area contributed by atoms with Gasteiger partial charge in [0.25, 0.3) is 0 Å². The van der Waals surface area contributed by atoms with E-state index in [9.17, 15) is 0 Å². The summed E-state index contributed by atoms with van der Waals surface area (Å²) in [4.78, 5) is 15.7. The van der Waals surface area contributed by atoms with Gasteiger partial charge in [0.2, 0.25) is 0 Å². The van der Waals surface area contributed by atoms with Crippen LogP contribution in [0.3, 0.4) is 0 Å². The second-order valence-electron chi connectivity index (χ2n) is 6.74. The first-order chi connectivity index (χ1) is 14.1. The van der Waals surface area contributed by atoms with E-state index in [1.54, 1.807) is 0 Å². The Kier molecular flexibility index (Phi) is 5.45. The highest BCUT2D eigenvalue weighted by Gasteiger charge is 2.14. The molecule has 4 rings (SSSR count). The lowest BCUT2D eigenvalue weighted by Gasteiger charge is -2.21. The van der Waals surface area contributed by atoms with Crippen molar-refractivity contribution in [1.82, 2.24) is 15.0 Å². The zero-order valence-corrected chi connectivity index (χ0v) is 18.0. The Morgan fingerprint density at radius 1 is 0.931 bits per heavy atom. The first kappa shape index (κ1) is 19.3. The molecule has 0 bridgehead atoms. The predicted octanol–water partition coefficient (Wildman–Crippen LogP) is 5.55. The molecule has 29 heavy (non-hydrogen) atoms. The molecule has 146 valence electrons. The number of fused-ring (bicyclic) bond motifs is 1. The highest BCUT2D eigenvalue weighted by molar-refractivity contribution is 9.10. The monoisotopic (exact) mass is 447 g/mol. The molecule has 2 heterocycles. The topological polar surface area (TPSA) is 67.9 Å². The SMILES string of the molecule is CCN(CC)c1ccc(-c2cc(-c3cccc(Br)c3)c3c(N)ncnc3n2)cc1. The largest absolute Gasteiger partial charge is 0.383 e. The van der Waals surface area contributed by atoms with Crippen molar-refractivity contribution in [3.05, 3.63) is 65.4 Å². The minimum absolute atomic E-state index is 0.431. The molecule has 0 spiro atoms. The van der Waals surface area contributed by atoms with E-state index in [1.807, 2.05) is 12.1 Å². The van der Waals surface area contributed by atoms with Gasteiger partial charge < -0.3 is 10.6 Å². The molecule has 0 saturated carbocycles. The van der Waals surface area contributed by atoms with Gasteiger partial charge >= 0.3 is 0 Å². The number of nitrogen functional groups attached to an aromatic ring is 1. The fraction of sp³-hybridized carbons (Fsp3) is 0.174. The van der Waals surface area contributed by atoms with Gasteiger partial charge in [-0.05, 0) is 55.3 Å². The van der Waals surface area contributed by atoms with Crippen LogP contribution in [0.15, 0.2) is 65.4 Å². The van der Waals surface area contributed by atoms with Gasteiger partial charge in [0, 0.05) is 28.8 Å². The number of benzene rings is 2. The molecule has 0 saturated heterocycles. The molecule has 0 fully saturated rings. The summed E-state index contributed by atoms with van der Waals surface area (Å²) in [5.74, 6) is 0.431. The summed E-state index contributed by atoms with van der Waals surface area (Å²) in [6.45, 7) is 6.29. The van der Waals surface area contributed by atoms with Crippen molar-refractivity contribution < 1.29 is 0 Å². The van der Waals surface area contributed by atoms with Crippen LogP contribution in [0.25, 0.3) is 33.4 Å². The van der Waals surface area contributed by atoms with Gasteiger partial charge in [-0.15, -0.1) is 0 Å². The van der Waals surface area contributed by atoms with E-state index in [2.05, 4.69) is 87.1 Å². The number of hydrogen-bond donors (Lipinski definition) is 1. The molecule has 2 N–H and O–H groups in total. The van der Waals surface area contributed by atoms with E-state index in [0.717, 1.165) is 45.3 Å². The highest BCUT2D eigenvalue weighted by atomic mass is 79.9. The lowest BCUT2D eigenvalue weighted by atomic mass is 9.99. The zero-order chi connectivity index (χ0) is 20.4. The molecular formula is C23H22BrN5. The van der Waals surface area contributed by atoms with Crippen molar-refractivity contribution in [2.45, 2.75) is 13.8 Å². The number of hydrogen-bond acceptors (Lipinski definition) is 5. The Labute approximate surface area is 178 Å². The number of nitrogens with zero attached hydrogens (tertiary/aromatic N) is 4. The Morgan fingerprint density at radius 2 is 1.69 bits per heavy atom. The van der Waals surface area contributed by atoms with Crippen molar-refractivity contribution in [3.8, 4) is 22.4 Å². The molecule has 5 nitrogen and oxygen atoms in total. The maximum atomic E-state index is 6.20. The summed E-state index contributed by atoms with van der Waals surface area (Å²) >= 11 is 3.56. The summed E-state index contributed by atoms with van der Waals surface area (Å²) in [5.41, 5.74) is 11.9. The normalized spacial score (nSPS) is 11.0. The molecule has 0 unspecified atom stereocenters. The van der Waals surface area contributed by atoms with Crippen LogP contribution in [0.5, 0.6) is 0 Å². The molecule has 2 aromatic carbocycles. The van der Waals surface area contributed by atoms with Crippen LogP contribution in [-0.4, -0.2) is 28.0 Å². The quantitative estimate of drug-likeness (QED) is 0.434. The molecular weight excluding hydrogens is 426 g/mol. The first-order valence-electron chi connectivity index (χ1n) is 9.63. The molecule has 0 radical (unpaired) electrons. The van der Waals surface area contributed by atoms with Gasteiger partial charge in [0.05, 0.1) is 11.1 Å². The van der Waals surface area contributed by atoms with Crippen molar-refractivity contribution in [1.29, 1.82) is 0 Å². The highest BCUT2D eigenvalue weighted by Crippen LogP contribution is 2.35. The molecule has 2 aromatic heterocycles. The van der Waals surface area contributed by atoms with E-state index < -0.39 is 0 Å². The number of rotatable bonds is 5. The molecule has 0 aliphatic heterocycles. The standard InChI is InChI=1S/C23H22BrN5/c1-3-29(4-2)18-10-8-15(9-11-18)20-13-19(16-6-5-7-17(24)12-16)21-22(25)26-14-27-23(21)28-20/h5-14H,3-4H2,1-2H3,(H2,25,26,27,28). The number of anilines is 2. The van der Waals surface area contributed by atoms with E-state index in [-0.39, 0.29) is 0 Å². The minimum Gasteiger partial charge on any atom is -0.383 e. The van der Waals surface area contributed by atoms with Crippen LogP contribution in [-0.2, 0) is 0 Å². The smallest absolute Gasteiger partial charge is 0.165 e. The Bertz CT molecular complexity index is 1150. The number of halogens is 1. The van der Waals surface area contributed by atoms with E-state index in [0.29, 0.717) is 11.5 Å². The average molecular weight is 448 g/mol. The van der Waals surface area contributed by atoms with Gasteiger partial charge in [0.15, 0.2) is 5.65 Å². The Morgan fingerprint density at radius 3 is 2.38 bits per heavy atom. The number of nitrogens with two attached hydrogens (primary N) is 1. The molecule has 0 aliphatic carbocycles. The minimum atomic E-state index is 0.431. The number of pyridine rings is 1. The van der Waals surface area contributed by atoms with Crippen LogP contribution < -0.4 is 10.6 Å². The summed E-state index contributed by atoms with van der Waals surface area (Å²) in [6.07, 6.45) is 1.46. The fourth-order valence-electron chi connectivity index (χ4n) is 3.55. The Balaban J connectivity index is 1.88. The van der Waals surface area contributed by atoms with Crippen molar-refractivity contribution in [3.63, 3.8) is 0 Å². The second kappa shape index (κ2) is 8.17. The van der Waals surface area contributed by atoms with Gasteiger partial charge in [-0.1, -0.05) is 40.2 Å². The Hall–Kier alpha value is -2.99. The van der Waals surface area contributed by atoms with E-state index in [4.69, 9.17) is 10.7 Å². The lowest BCUT2D eigenvalue weighted by Crippen LogP contribution is -2.21. The van der Waals surface area contributed by atoms with E-state index in [1.165, 1.54) is 12.0 Å². The average Bonchev–Trinajstić information content (AvgIpc) is 2.74. The van der Waals surface area contributed by atoms with Crippen molar-refractivity contribution in [2.24, 2.45) is 0 Å². The summed E-state index contributed by atoms with van der Waals surface area (Å²) < 4.78 is 1.00. The summed E-state index contributed by atoms with van der Waals surface area (Å²) in [5, 5.41) is 0.772. The first-order valence-corrected chi connectivity index (χ1v) is 10.4.